The lowest BCUT2D eigenvalue weighted by Gasteiger charge is -2.28. The van der Waals surface area contributed by atoms with Crippen LogP contribution in [0.15, 0.2) is 30.5 Å². The maximum atomic E-state index is 12.5. The number of rotatable bonds is 8. The van der Waals surface area contributed by atoms with Gasteiger partial charge in [-0.05, 0) is 38.1 Å². The lowest BCUT2D eigenvalue weighted by molar-refractivity contribution is -0.150. The van der Waals surface area contributed by atoms with Gasteiger partial charge in [0.05, 0.1) is 17.7 Å². The summed E-state index contributed by atoms with van der Waals surface area (Å²) < 4.78 is 16.2. The van der Waals surface area contributed by atoms with E-state index in [1.54, 1.807) is 24.4 Å². The first-order chi connectivity index (χ1) is 12.9. The third-order valence-electron chi connectivity index (χ3n) is 3.60. The van der Waals surface area contributed by atoms with Crippen LogP contribution in [0, 0.1) is 24.7 Å². The van der Waals surface area contributed by atoms with Gasteiger partial charge in [-0.2, -0.15) is 0 Å². The van der Waals surface area contributed by atoms with E-state index >= 15 is 0 Å². The number of nitrogens with zero attached hydrogens (tertiary/aromatic N) is 1. The van der Waals surface area contributed by atoms with Crippen molar-refractivity contribution in [3.63, 3.8) is 0 Å². The molecule has 0 fully saturated rings. The van der Waals surface area contributed by atoms with Gasteiger partial charge >= 0.3 is 0 Å². The average molecular weight is 366 g/mol. The van der Waals surface area contributed by atoms with Crippen LogP contribution >= 0.6 is 0 Å². The van der Waals surface area contributed by atoms with E-state index < -0.39 is 17.7 Å². The van der Waals surface area contributed by atoms with Crippen LogP contribution in [-0.4, -0.2) is 43.0 Å². The SMILES string of the molecule is C#CCOCC(C)(C)NC(=O)C(OC)Oc1ccc2ncc(C#C)cc2c1. The van der Waals surface area contributed by atoms with Crippen molar-refractivity contribution in [1.29, 1.82) is 0 Å². The smallest absolute Gasteiger partial charge is 0.290 e. The molecule has 0 bridgehead atoms. The van der Waals surface area contributed by atoms with Crippen LogP contribution in [0.4, 0.5) is 0 Å². The highest BCUT2D eigenvalue weighted by Crippen LogP contribution is 2.21. The normalized spacial score (nSPS) is 12.0. The Morgan fingerprint density at radius 2 is 2.11 bits per heavy atom. The summed E-state index contributed by atoms with van der Waals surface area (Å²) in [5.74, 6) is 4.95. The van der Waals surface area contributed by atoms with Crippen LogP contribution in [0.5, 0.6) is 5.75 Å². The fourth-order valence-electron chi connectivity index (χ4n) is 2.39. The summed E-state index contributed by atoms with van der Waals surface area (Å²) >= 11 is 0. The topological polar surface area (TPSA) is 69.7 Å². The molecule has 1 amide bonds. The van der Waals surface area contributed by atoms with Gasteiger partial charge in [-0.3, -0.25) is 9.78 Å². The van der Waals surface area contributed by atoms with Gasteiger partial charge in [-0.25, -0.2) is 0 Å². The average Bonchev–Trinajstić information content (AvgIpc) is 2.65. The third kappa shape index (κ3) is 5.72. The Morgan fingerprint density at radius 3 is 2.78 bits per heavy atom. The number of terminal acetylenes is 2. The Labute approximate surface area is 159 Å². The summed E-state index contributed by atoms with van der Waals surface area (Å²) in [6.07, 6.45) is 11.1. The Kier molecular flexibility index (Phi) is 6.79. The number of carbonyl (C=O) groups excluding carboxylic acids is 1. The van der Waals surface area contributed by atoms with E-state index in [2.05, 4.69) is 22.1 Å². The van der Waals surface area contributed by atoms with E-state index in [0.29, 0.717) is 11.3 Å². The zero-order valence-corrected chi connectivity index (χ0v) is 15.6. The maximum Gasteiger partial charge on any atom is 0.290 e. The molecule has 2 aromatic rings. The van der Waals surface area contributed by atoms with E-state index in [1.165, 1.54) is 7.11 Å². The maximum absolute atomic E-state index is 12.5. The van der Waals surface area contributed by atoms with Crippen molar-refractivity contribution >= 4 is 16.8 Å². The number of aromatic nitrogens is 1. The lowest BCUT2D eigenvalue weighted by Crippen LogP contribution is -2.52. The van der Waals surface area contributed by atoms with Crippen LogP contribution < -0.4 is 10.1 Å². The van der Waals surface area contributed by atoms with Crippen molar-refractivity contribution in [2.24, 2.45) is 0 Å². The molecule has 1 aromatic heterocycles. The Hall–Kier alpha value is -3.06. The molecule has 2 rings (SSSR count). The molecule has 1 aromatic carbocycles. The third-order valence-corrected chi connectivity index (χ3v) is 3.60. The fraction of sp³-hybridized carbons (Fsp3) is 0.333. The van der Waals surface area contributed by atoms with E-state index in [4.69, 9.17) is 27.1 Å². The van der Waals surface area contributed by atoms with Crippen LogP contribution in [0.25, 0.3) is 10.9 Å². The number of nitrogens with one attached hydrogen (secondary N) is 1. The Balaban J connectivity index is 2.09. The largest absolute Gasteiger partial charge is 0.455 e. The van der Waals surface area contributed by atoms with Crippen LogP contribution in [0.1, 0.15) is 19.4 Å². The molecule has 27 heavy (non-hydrogen) atoms. The summed E-state index contributed by atoms with van der Waals surface area (Å²) in [7, 11) is 1.39. The molecular formula is C21H22N2O4. The first kappa shape index (κ1) is 20.3. The molecule has 0 spiro atoms. The highest BCUT2D eigenvalue weighted by atomic mass is 16.7. The molecule has 0 aliphatic rings. The molecule has 6 nitrogen and oxygen atoms in total. The van der Waals surface area contributed by atoms with E-state index in [9.17, 15) is 4.79 Å². The summed E-state index contributed by atoms with van der Waals surface area (Å²) in [5.41, 5.74) is 0.796. The second-order valence-corrected chi connectivity index (χ2v) is 6.48. The van der Waals surface area contributed by atoms with Gasteiger partial charge in [0.2, 0.25) is 0 Å². The van der Waals surface area contributed by atoms with Crippen LogP contribution in [0.3, 0.4) is 0 Å². The standard InChI is InChI=1S/C21H22N2O4/c1-6-10-26-14-21(3,4)23-19(24)20(25-5)27-17-8-9-18-16(12-17)11-15(7-2)13-22-18/h1-2,8-9,11-13,20H,10,14H2,3-5H3,(H,23,24). The molecule has 0 saturated carbocycles. The van der Waals surface area contributed by atoms with Crippen molar-refractivity contribution in [3.05, 3.63) is 36.0 Å². The number of carbonyl (C=O) groups is 1. The first-order valence-electron chi connectivity index (χ1n) is 8.27. The number of ether oxygens (including phenoxy) is 3. The van der Waals surface area contributed by atoms with Crippen molar-refractivity contribution in [1.82, 2.24) is 10.3 Å². The molecule has 6 heteroatoms. The second-order valence-electron chi connectivity index (χ2n) is 6.48. The summed E-state index contributed by atoms with van der Waals surface area (Å²) in [6.45, 7) is 4.07. The zero-order chi connectivity index (χ0) is 19.9. The number of pyridine rings is 1. The van der Waals surface area contributed by atoms with Gasteiger partial charge in [-0.1, -0.05) is 11.8 Å². The van der Waals surface area contributed by atoms with Gasteiger partial charge in [0.25, 0.3) is 12.2 Å². The van der Waals surface area contributed by atoms with E-state index in [1.807, 2.05) is 19.9 Å². The Morgan fingerprint density at radius 1 is 1.33 bits per heavy atom. The highest BCUT2D eigenvalue weighted by Gasteiger charge is 2.27. The lowest BCUT2D eigenvalue weighted by atomic mass is 10.1. The van der Waals surface area contributed by atoms with Crippen LogP contribution in [0.2, 0.25) is 0 Å². The minimum atomic E-state index is -1.13. The Bertz CT molecular complexity index is 893. The molecule has 1 heterocycles. The molecule has 0 aliphatic heterocycles. The van der Waals surface area contributed by atoms with Gasteiger partial charge in [0.15, 0.2) is 0 Å². The van der Waals surface area contributed by atoms with Crippen molar-refractivity contribution < 1.29 is 19.0 Å². The highest BCUT2D eigenvalue weighted by molar-refractivity contribution is 5.82. The number of fused-ring (bicyclic) bond motifs is 1. The minimum Gasteiger partial charge on any atom is -0.455 e. The molecule has 1 unspecified atom stereocenters. The predicted octanol–water partition coefficient (Wildman–Crippen LogP) is 2.11. The first-order valence-corrected chi connectivity index (χ1v) is 8.27. The summed E-state index contributed by atoms with van der Waals surface area (Å²) in [6, 6.07) is 7.07. The van der Waals surface area contributed by atoms with Crippen LogP contribution in [-0.2, 0) is 14.3 Å². The zero-order valence-electron chi connectivity index (χ0n) is 15.6. The fourth-order valence-corrected chi connectivity index (χ4v) is 2.39. The molecule has 140 valence electrons. The van der Waals surface area contributed by atoms with Crippen molar-refractivity contribution in [3.8, 4) is 30.4 Å². The molecular weight excluding hydrogens is 344 g/mol. The number of amides is 1. The molecule has 1 N–H and O–H groups in total. The van der Waals surface area contributed by atoms with Crippen molar-refractivity contribution in [2.45, 2.75) is 25.7 Å². The summed E-state index contributed by atoms with van der Waals surface area (Å²) in [5, 5.41) is 3.63. The van der Waals surface area contributed by atoms with Gasteiger partial charge < -0.3 is 19.5 Å². The second kappa shape index (κ2) is 9.05. The molecule has 0 radical (unpaired) electrons. The van der Waals surface area contributed by atoms with E-state index in [-0.39, 0.29) is 13.2 Å². The minimum absolute atomic E-state index is 0.175. The van der Waals surface area contributed by atoms with Gasteiger partial charge in [-0.15, -0.1) is 12.8 Å². The molecule has 0 aliphatic carbocycles. The monoisotopic (exact) mass is 366 g/mol. The van der Waals surface area contributed by atoms with Crippen molar-refractivity contribution in [2.75, 3.05) is 20.3 Å². The quantitative estimate of drug-likeness (QED) is 0.440. The molecule has 0 saturated heterocycles. The predicted molar refractivity (Wildman–Crippen MR) is 103 cm³/mol. The summed E-state index contributed by atoms with van der Waals surface area (Å²) in [4.78, 5) is 16.8. The number of hydrogen-bond donors (Lipinski definition) is 1. The number of hydrogen-bond acceptors (Lipinski definition) is 5. The van der Waals surface area contributed by atoms with Gasteiger partial charge in [0, 0.05) is 24.3 Å². The van der Waals surface area contributed by atoms with Gasteiger partial charge in [0.1, 0.15) is 12.4 Å². The number of benzene rings is 1. The molecule has 1 atom stereocenters. The number of methoxy groups -OCH3 is 1. The van der Waals surface area contributed by atoms with E-state index in [0.717, 1.165) is 10.9 Å².